The Morgan fingerprint density at radius 3 is 2.72 bits per heavy atom. The van der Waals surface area contributed by atoms with E-state index in [9.17, 15) is 0 Å². The highest BCUT2D eigenvalue weighted by Gasteiger charge is 2.36. The second-order valence-corrected chi connectivity index (χ2v) is 5.93. The largest absolute Gasteiger partial charge is 0.373 e. The van der Waals surface area contributed by atoms with Crippen LogP contribution in [0.25, 0.3) is 0 Å². The van der Waals surface area contributed by atoms with E-state index >= 15 is 0 Å². The maximum atomic E-state index is 6.24. The van der Waals surface area contributed by atoms with Crippen LogP contribution in [0.3, 0.4) is 0 Å². The van der Waals surface area contributed by atoms with Gasteiger partial charge in [-0.05, 0) is 36.8 Å². The van der Waals surface area contributed by atoms with Gasteiger partial charge in [0.05, 0.1) is 10.7 Å². The Morgan fingerprint density at radius 1 is 1.33 bits per heavy atom. The molecule has 0 spiro atoms. The molecule has 2 fully saturated rings. The van der Waals surface area contributed by atoms with E-state index in [0.717, 1.165) is 34.9 Å². The van der Waals surface area contributed by atoms with Gasteiger partial charge in [-0.2, -0.15) is 0 Å². The van der Waals surface area contributed by atoms with Gasteiger partial charge in [-0.15, -0.1) is 0 Å². The highest BCUT2D eigenvalue weighted by Crippen LogP contribution is 2.38. The number of pyridine rings is 1. The summed E-state index contributed by atoms with van der Waals surface area (Å²) in [4.78, 5) is 7.08. The summed E-state index contributed by atoms with van der Waals surface area (Å²) < 4.78 is 0. The Hall–Kier alpha value is -0.800. The number of anilines is 1. The zero-order chi connectivity index (χ0) is 12.5. The smallest absolute Gasteiger partial charge is 0.126 e. The van der Waals surface area contributed by atoms with Crippen molar-refractivity contribution in [1.29, 1.82) is 0 Å². The minimum Gasteiger partial charge on any atom is -0.373 e. The van der Waals surface area contributed by atoms with Gasteiger partial charge >= 0.3 is 0 Å². The van der Waals surface area contributed by atoms with Crippen molar-refractivity contribution >= 4 is 17.4 Å². The molecule has 3 rings (SSSR count). The van der Waals surface area contributed by atoms with Crippen LogP contribution in [0.1, 0.15) is 25.0 Å². The average molecular weight is 266 g/mol. The first-order valence-corrected chi connectivity index (χ1v) is 7.19. The van der Waals surface area contributed by atoms with Crippen molar-refractivity contribution in [2.75, 3.05) is 25.5 Å². The summed E-state index contributed by atoms with van der Waals surface area (Å²) in [5.41, 5.74) is 1.00. The van der Waals surface area contributed by atoms with Crippen LogP contribution in [0.15, 0.2) is 12.1 Å². The van der Waals surface area contributed by atoms with Crippen LogP contribution < -0.4 is 5.32 Å². The zero-order valence-corrected chi connectivity index (χ0v) is 11.6. The van der Waals surface area contributed by atoms with E-state index in [0.29, 0.717) is 0 Å². The summed E-state index contributed by atoms with van der Waals surface area (Å²) in [5.74, 6) is 2.75. The SMILES string of the molecule is CNc1ccc(Cl)c(CN2CC3CCCC3C2)n1. The maximum Gasteiger partial charge on any atom is 0.126 e. The third-order valence-corrected chi connectivity index (χ3v) is 4.69. The zero-order valence-electron chi connectivity index (χ0n) is 10.8. The predicted octanol–water partition coefficient (Wildman–Crippen LogP) is 3.01. The molecular formula is C14H20ClN3. The Kier molecular flexibility index (Phi) is 3.44. The van der Waals surface area contributed by atoms with Crippen molar-refractivity contribution < 1.29 is 0 Å². The lowest BCUT2D eigenvalue weighted by atomic mass is 10.0. The molecule has 0 bridgehead atoms. The van der Waals surface area contributed by atoms with Crippen molar-refractivity contribution in [3.8, 4) is 0 Å². The third-order valence-electron chi connectivity index (χ3n) is 4.35. The Bertz CT molecular complexity index is 423. The van der Waals surface area contributed by atoms with Crippen LogP contribution in [0.5, 0.6) is 0 Å². The van der Waals surface area contributed by atoms with Crippen LogP contribution in [0.2, 0.25) is 5.02 Å². The number of halogens is 1. The van der Waals surface area contributed by atoms with E-state index in [1.165, 1.54) is 32.4 Å². The van der Waals surface area contributed by atoms with Crippen LogP contribution in [0.4, 0.5) is 5.82 Å². The molecule has 98 valence electrons. The topological polar surface area (TPSA) is 28.2 Å². The lowest BCUT2D eigenvalue weighted by molar-refractivity contribution is 0.300. The molecule has 1 saturated heterocycles. The molecule has 1 aromatic heterocycles. The molecule has 1 saturated carbocycles. The van der Waals surface area contributed by atoms with E-state index in [-0.39, 0.29) is 0 Å². The highest BCUT2D eigenvalue weighted by atomic mass is 35.5. The fourth-order valence-electron chi connectivity index (χ4n) is 3.41. The molecule has 1 N–H and O–H groups in total. The average Bonchev–Trinajstić information content (AvgIpc) is 2.92. The van der Waals surface area contributed by atoms with Gasteiger partial charge in [-0.25, -0.2) is 4.98 Å². The second kappa shape index (κ2) is 5.06. The van der Waals surface area contributed by atoms with E-state index in [1.807, 2.05) is 19.2 Å². The molecule has 2 atom stereocenters. The number of fused-ring (bicyclic) bond motifs is 1. The number of hydrogen-bond acceptors (Lipinski definition) is 3. The van der Waals surface area contributed by atoms with E-state index in [4.69, 9.17) is 11.6 Å². The minimum atomic E-state index is 0.783. The predicted molar refractivity (Wildman–Crippen MR) is 74.9 cm³/mol. The van der Waals surface area contributed by atoms with E-state index < -0.39 is 0 Å². The molecule has 3 nitrogen and oxygen atoms in total. The van der Waals surface area contributed by atoms with Crippen molar-refractivity contribution in [2.24, 2.45) is 11.8 Å². The summed E-state index contributed by atoms with van der Waals surface area (Å²) in [6.45, 7) is 3.35. The molecule has 1 aliphatic carbocycles. The van der Waals surface area contributed by atoms with Gasteiger partial charge in [-0.1, -0.05) is 18.0 Å². The van der Waals surface area contributed by atoms with Gasteiger partial charge in [0.1, 0.15) is 5.82 Å². The molecular weight excluding hydrogens is 246 g/mol. The molecule has 2 unspecified atom stereocenters. The van der Waals surface area contributed by atoms with Crippen molar-refractivity contribution in [3.63, 3.8) is 0 Å². The monoisotopic (exact) mass is 265 g/mol. The molecule has 0 radical (unpaired) electrons. The lowest BCUT2D eigenvalue weighted by Crippen LogP contribution is -2.22. The summed E-state index contributed by atoms with van der Waals surface area (Å²) in [5, 5.41) is 3.85. The number of nitrogens with zero attached hydrogens (tertiary/aromatic N) is 2. The number of rotatable bonds is 3. The van der Waals surface area contributed by atoms with Gasteiger partial charge < -0.3 is 5.32 Å². The quantitative estimate of drug-likeness (QED) is 0.911. The van der Waals surface area contributed by atoms with Crippen LogP contribution >= 0.6 is 11.6 Å². The summed E-state index contributed by atoms with van der Waals surface area (Å²) in [7, 11) is 1.89. The molecule has 0 amide bonds. The molecule has 0 aromatic carbocycles. The lowest BCUT2D eigenvalue weighted by Gasteiger charge is -2.17. The third kappa shape index (κ3) is 2.34. The van der Waals surface area contributed by atoms with Crippen molar-refractivity contribution in [3.05, 3.63) is 22.8 Å². The number of likely N-dealkylation sites (tertiary alicyclic amines) is 1. The van der Waals surface area contributed by atoms with Gasteiger partial charge in [-0.3, -0.25) is 4.90 Å². The van der Waals surface area contributed by atoms with Gasteiger partial charge in [0.2, 0.25) is 0 Å². The van der Waals surface area contributed by atoms with E-state index in [2.05, 4.69) is 15.2 Å². The van der Waals surface area contributed by atoms with Gasteiger partial charge in [0.25, 0.3) is 0 Å². The highest BCUT2D eigenvalue weighted by molar-refractivity contribution is 6.31. The molecule has 18 heavy (non-hydrogen) atoms. The molecule has 2 aliphatic rings. The molecule has 1 aliphatic heterocycles. The van der Waals surface area contributed by atoms with Gasteiger partial charge in [0, 0.05) is 26.7 Å². The molecule has 4 heteroatoms. The van der Waals surface area contributed by atoms with Crippen molar-refractivity contribution in [2.45, 2.75) is 25.8 Å². The summed E-state index contributed by atoms with van der Waals surface area (Å²) >= 11 is 6.24. The number of nitrogens with one attached hydrogen (secondary N) is 1. The Labute approximate surface area is 114 Å². The van der Waals surface area contributed by atoms with Gasteiger partial charge in [0.15, 0.2) is 0 Å². The number of aromatic nitrogens is 1. The normalized spacial score (nSPS) is 27.4. The molecule has 1 aromatic rings. The van der Waals surface area contributed by atoms with Crippen LogP contribution in [-0.2, 0) is 6.54 Å². The Balaban J connectivity index is 1.69. The van der Waals surface area contributed by atoms with Crippen LogP contribution in [0, 0.1) is 11.8 Å². The van der Waals surface area contributed by atoms with E-state index in [1.54, 1.807) is 0 Å². The summed E-state index contributed by atoms with van der Waals surface area (Å²) in [6, 6.07) is 3.86. The standard InChI is InChI=1S/C14H20ClN3/c1-16-14-6-5-12(15)13(17-14)9-18-7-10-3-2-4-11(10)8-18/h5-6,10-11H,2-4,7-9H2,1H3,(H,16,17). The first-order chi connectivity index (χ1) is 8.76. The molecule has 2 heterocycles. The second-order valence-electron chi connectivity index (χ2n) is 5.52. The first-order valence-electron chi connectivity index (χ1n) is 6.82. The van der Waals surface area contributed by atoms with Crippen LogP contribution in [-0.4, -0.2) is 30.0 Å². The fraction of sp³-hybridized carbons (Fsp3) is 0.643. The Morgan fingerprint density at radius 2 is 2.06 bits per heavy atom. The maximum absolute atomic E-state index is 6.24. The number of hydrogen-bond donors (Lipinski definition) is 1. The first kappa shape index (κ1) is 12.2. The van der Waals surface area contributed by atoms with Crippen molar-refractivity contribution in [1.82, 2.24) is 9.88 Å². The minimum absolute atomic E-state index is 0.783. The fourth-order valence-corrected chi connectivity index (χ4v) is 3.57. The summed E-state index contributed by atoms with van der Waals surface area (Å²) in [6.07, 6.45) is 4.26.